The summed E-state index contributed by atoms with van der Waals surface area (Å²) in [5, 5.41) is 8.43. The van der Waals surface area contributed by atoms with Gasteiger partial charge in [0.15, 0.2) is 0 Å². The van der Waals surface area contributed by atoms with Crippen molar-refractivity contribution in [2.24, 2.45) is 0 Å². The molecule has 26 heavy (non-hydrogen) atoms. The molecule has 1 aromatic carbocycles. The van der Waals surface area contributed by atoms with E-state index in [0.717, 1.165) is 0 Å². The predicted octanol–water partition coefficient (Wildman–Crippen LogP) is 3.95. The summed E-state index contributed by atoms with van der Waals surface area (Å²) in [7, 11) is 1.46. The molecule has 0 amide bonds. The molecule has 6 nitrogen and oxygen atoms in total. The molecular formula is C16H12ClF3N4O2. The minimum atomic E-state index is -4.75. The molecule has 0 aliphatic rings. The second-order valence-corrected chi connectivity index (χ2v) is 5.51. The number of ether oxygens (including phenoxy) is 2. The average Bonchev–Trinajstić information content (AvgIpc) is 3.11. The largest absolute Gasteiger partial charge is 0.573 e. The Bertz CT molecular complexity index is 870. The molecule has 2 aromatic heterocycles. The van der Waals surface area contributed by atoms with Gasteiger partial charge >= 0.3 is 6.36 Å². The van der Waals surface area contributed by atoms with Crippen LogP contribution < -0.4 is 4.74 Å². The number of benzene rings is 1. The van der Waals surface area contributed by atoms with Crippen LogP contribution in [0.2, 0.25) is 5.02 Å². The third-order valence-corrected chi connectivity index (χ3v) is 3.77. The molecule has 0 bridgehead atoms. The molecule has 3 rings (SSSR count). The molecule has 1 atom stereocenters. The highest BCUT2D eigenvalue weighted by Gasteiger charge is 2.31. The van der Waals surface area contributed by atoms with Gasteiger partial charge in [0.1, 0.15) is 17.5 Å². The minimum Gasteiger partial charge on any atom is -0.406 e. The van der Waals surface area contributed by atoms with Crippen molar-refractivity contribution in [3.8, 4) is 11.4 Å². The molecule has 0 aliphatic heterocycles. The smallest absolute Gasteiger partial charge is 0.406 e. The van der Waals surface area contributed by atoms with Crippen molar-refractivity contribution in [3.05, 3.63) is 65.2 Å². The van der Waals surface area contributed by atoms with Crippen molar-refractivity contribution in [2.75, 3.05) is 7.11 Å². The van der Waals surface area contributed by atoms with Crippen LogP contribution in [0, 0.1) is 0 Å². The number of nitrogens with zero attached hydrogens (tertiary/aromatic N) is 4. The zero-order chi connectivity index (χ0) is 18.7. The first-order chi connectivity index (χ1) is 12.4. The Morgan fingerprint density at radius 1 is 1.08 bits per heavy atom. The van der Waals surface area contributed by atoms with Gasteiger partial charge < -0.3 is 9.47 Å². The van der Waals surface area contributed by atoms with Crippen LogP contribution in [0.1, 0.15) is 17.2 Å². The molecule has 0 N–H and O–H groups in total. The summed E-state index contributed by atoms with van der Waals surface area (Å²) in [6, 6.07) is 5.34. The van der Waals surface area contributed by atoms with Gasteiger partial charge in [-0.05, 0) is 17.7 Å². The number of halogens is 4. The summed E-state index contributed by atoms with van der Waals surface area (Å²) in [6.07, 6.45) is 0.526. The molecule has 3 aromatic rings. The molecule has 0 aliphatic carbocycles. The molecule has 10 heteroatoms. The molecule has 0 saturated heterocycles. The molecule has 0 radical (unpaired) electrons. The fourth-order valence-electron chi connectivity index (χ4n) is 2.46. The van der Waals surface area contributed by atoms with E-state index < -0.39 is 12.5 Å². The Morgan fingerprint density at radius 3 is 2.31 bits per heavy atom. The van der Waals surface area contributed by atoms with Crippen LogP contribution in [-0.2, 0) is 4.74 Å². The van der Waals surface area contributed by atoms with E-state index in [4.69, 9.17) is 16.3 Å². The number of methoxy groups -OCH3 is 1. The van der Waals surface area contributed by atoms with E-state index in [2.05, 4.69) is 19.9 Å². The van der Waals surface area contributed by atoms with Crippen molar-refractivity contribution in [1.82, 2.24) is 20.0 Å². The highest BCUT2D eigenvalue weighted by atomic mass is 35.5. The van der Waals surface area contributed by atoms with Crippen molar-refractivity contribution in [3.63, 3.8) is 0 Å². The van der Waals surface area contributed by atoms with Crippen LogP contribution in [0.4, 0.5) is 13.2 Å². The zero-order valence-electron chi connectivity index (χ0n) is 13.3. The van der Waals surface area contributed by atoms with E-state index in [1.54, 1.807) is 0 Å². The summed E-state index contributed by atoms with van der Waals surface area (Å²) in [6.45, 7) is 0. The maximum atomic E-state index is 12.3. The highest BCUT2D eigenvalue weighted by molar-refractivity contribution is 6.31. The molecule has 0 saturated carbocycles. The van der Waals surface area contributed by atoms with Gasteiger partial charge in [0.05, 0.1) is 23.6 Å². The van der Waals surface area contributed by atoms with Crippen LogP contribution >= 0.6 is 11.6 Å². The average molecular weight is 385 g/mol. The summed E-state index contributed by atoms with van der Waals surface area (Å²) in [5.41, 5.74) is 1.60. The number of pyridine rings is 1. The number of alkyl halides is 3. The van der Waals surface area contributed by atoms with Gasteiger partial charge in [-0.15, -0.1) is 18.0 Å². The molecule has 136 valence electrons. The topological polar surface area (TPSA) is 62.1 Å². The normalized spacial score (nSPS) is 12.8. The van der Waals surface area contributed by atoms with Crippen LogP contribution in [0.5, 0.6) is 5.75 Å². The van der Waals surface area contributed by atoms with Gasteiger partial charge in [-0.25, -0.2) is 0 Å². The quantitative estimate of drug-likeness (QED) is 0.666. The summed E-state index contributed by atoms with van der Waals surface area (Å²) >= 11 is 6.30. The fourth-order valence-corrected chi connectivity index (χ4v) is 2.71. The monoisotopic (exact) mass is 384 g/mol. The van der Waals surface area contributed by atoms with E-state index in [9.17, 15) is 13.2 Å². The number of hydrogen-bond acceptors (Lipinski definition) is 5. The second-order valence-electron chi connectivity index (χ2n) is 5.11. The van der Waals surface area contributed by atoms with Crippen LogP contribution in [0.25, 0.3) is 5.69 Å². The Hall–Kier alpha value is -2.65. The minimum absolute atomic E-state index is 0.308. The van der Waals surface area contributed by atoms with E-state index in [0.29, 0.717) is 21.8 Å². The van der Waals surface area contributed by atoms with Gasteiger partial charge in [-0.1, -0.05) is 23.7 Å². The van der Waals surface area contributed by atoms with Crippen LogP contribution in [0.15, 0.2) is 49.1 Å². The van der Waals surface area contributed by atoms with Crippen molar-refractivity contribution >= 4 is 11.6 Å². The third kappa shape index (κ3) is 3.94. The van der Waals surface area contributed by atoms with Crippen LogP contribution in [0.3, 0.4) is 0 Å². The number of hydrogen-bond donors (Lipinski definition) is 0. The van der Waals surface area contributed by atoms with E-state index in [1.165, 1.54) is 61.0 Å². The number of aromatic nitrogens is 4. The molecule has 2 heterocycles. The van der Waals surface area contributed by atoms with E-state index in [1.807, 2.05) is 0 Å². The molecule has 0 fully saturated rings. The SMILES string of the molecule is COC(c1ccc(OC(F)(F)F)cc1)c1c(Cl)cncc1-n1nccn1. The maximum Gasteiger partial charge on any atom is 0.573 e. The predicted molar refractivity (Wildman–Crippen MR) is 86.1 cm³/mol. The number of rotatable bonds is 5. The van der Waals surface area contributed by atoms with Gasteiger partial charge in [0.2, 0.25) is 0 Å². The van der Waals surface area contributed by atoms with E-state index in [-0.39, 0.29) is 5.75 Å². The lowest BCUT2D eigenvalue weighted by molar-refractivity contribution is -0.274. The first-order valence-electron chi connectivity index (χ1n) is 7.27. The van der Waals surface area contributed by atoms with Crippen molar-refractivity contribution < 1.29 is 22.6 Å². The lowest BCUT2D eigenvalue weighted by Crippen LogP contribution is -2.17. The summed E-state index contributed by atoms with van der Waals surface area (Å²) < 4.78 is 46.3. The molecular weight excluding hydrogens is 373 g/mol. The van der Waals surface area contributed by atoms with Gasteiger partial charge in [-0.2, -0.15) is 10.2 Å². The van der Waals surface area contributed by atoms with E-state index >= 15 is 0 Å². The zero-order valence-corrected chi connectivity index (χ0v) is 14.1. The highest BCUT2D eigenvalue weighted by Crippen LogP contribution is 2.35. The molecule has 1 unspecified atom stereocenters. The Balaban J connectivity index is 2.00. The first kappa shape index (κ1) is 18.2. The Kier molecular flexibility index (Phi) is 5.10. The second kappa shape index (κ2) is 7.30. The van der Waals surface area contributed by atoms with Gasteiger partial charge in [0, 0.05) is 18.9 Å². The van der Waals surface area contributed by atoms with Gasteiger partial charge in [0.25, 0.3) is 0 Å². The van der Waals surface area contributed by atoms with Crippen molar-refractivity contribution in [2.45, 2.75) is 12.5 Å². The first-order valence-corrected chi connectivity index (χ1v) is 7.65. The maximum absolute atomic E-state index is 12.3. The lowest BCUT2D eigenvalue weighted by Gasteiger charge is -2.20. The van der Waals surface area contributed by atoms with Crippen molar-refractivity contribution in [1.29, 1.82) is 0 Å². The van der Waals surface area contributed by atoms with Crippen LogP contribution in [-0.4, -0.2) is 33.5 Å². The third-order valence-electron chi connectivity index (χ3n) is 3.47. The lowest BCUT2D eigenvalue weighted by atomic mass is 10.0. The Morgan fingerprint density at radius 2 is 1.73 bits per heavy atom. The van der Waals surface area contributed by atoms with Gasteiger partial charge in [-0.3, -0.25) is 4.98 Å². The molecule has 0 spiro atoms. The Labute approximate surface area is 151 Å². The summed E-state index contributed by atoms with van der Waals surface area (Å²) in [4.78, 5) is 5.37. The fraction of sp³-hybridized carbons (Fsp3) is 0.188. The standard InChI is InChI=1S/C16H12ClF3N4O2/c1-25-15(10-2-4-11(5-3-10)26-16(18,19)20)14-12(17)8-21-9-13(14)24-22-6-7-23-24/h2-9,15H,1H3. The summed E-state index contributed by atoms with van der Waals surface area (Å²) in [5.74, 6) is -0.328.